The summed E-state index contributed by atoms with van der Waals surface area (Å²) in [6.45, 7) is 0. The van der Waals surface area contributed by atoms with Crippen LogP contribution in [-0.2, 0) is 4.74 Å². The number of aliphatic imine (C=N–C) groups is 1. The number of ether oxygens (including phenoxy) is 1. The summed E-state index contributed by atoms with van der Waals surface area (Å²) < 4.78 is 4.59. The number of carbonyl (C=O) groups is 1. The van der Waals surface area contributed by atoms with E-state index in [1.54, 1.807) is 24.3 Å². The normalized spacial score (nSPS) is 10.7. The van der Waals surface area contributed by atoms with Crippen molar-refractivity contribution in [2.45, 2.75) is 0 Å². The van der Waals surface area contributed by atoms with E-state index in [0.717, 1.165) is 12.1 Å². The van der Waals surface area contributed by atoms with Crippen LogP contribution in [0.15, 0.2) is 41.4 Å². The summed E-state index contributed by atoms with van der Waals surface area (Å²) in [5.41, 5.74) is 1.02. The number of benzene rings is 2. The molecule has 108 valence electrons. The first kappa shape index (κ1) is 14.4. The van der Waals surface area contributed by atoms with Gasteiger partial charge >= 0.3 is 5.97 Å². The maximum absolute atomic E-state index is 11.3. The molecule has 21 heavy (non-hydrogen) atoms. The lowest BCUT2D eigenvalue weighted by atomic mass is 10.1. The Morgan fingerprint density at radius 1 is 1.10 bits per heavy atom. The van der Waals surface area contributed by atoms with Crippen LogP contribution >= 0.6 is 0 Å². The van der Waals surface area contributed by atoms with Gasteiger partial charge in [0.05, 0.1) is 12.7 Å². The Morgan fingerprint density at radius 2 is 1.67 bits per heavy atom. The number of carbonyl (C=O) groups excluding carboxylic acids is 1. The van der Waals surface area contributed by atoms with Crippen molar-refractivity contribution in [3.05, 3.63) is 47.5 Å². The third-order valence-corrected chi connectivity index (χ3v) is 2.73. The van der Waals surface area contributed by atoms with Crippen LogP contribution in [0.5, 0.6) is 17.2 Å². The molecule has 0 aromatic heterocycles. The molecule has 0 atom stereocenters. The van der Waals surface area contributed by atoms with Crippen LogP contribution in [0, 0.1) is 0 Å². The van der Waals surface area contributed by atoms with E-state index in [4.69, 9.17) is 0 Å². The number of nitrogens with zero attached hydrogens (tertiary/aromatic N) is 1. The third-order valence-electron chi connectivity index (χ3n) is 2.73. The zero-order valence-electron chi connectivity index (χ0n) is 11.1. The highest BCUT2D eigenvalue weighted by Crippen LogP contribution is 2.39. The van der Waals surface area contributed by atoms with Crippen molar-refractivity contribution in [2.75, 3.05) is 7.11 Å². The third kappa shape index (κ3) is 3.30. The van der Waals surface area contributed by atoms with Crippen LogP contribution in [0.3, 0.4) is 0 Å². The van der Waals surface area contributed by atoms with Crippen LogP contribution in [0.2, 0.25) is 0 Å². The minimum atomic E-state index is -0.438. The molecule has 6 nitrogen and oxygen atoms in total. The van der Waals surface area contributed by atoms with E-state index in [0.29, 0.717) is 11.1 Å². The summed E-state index contributed by atoms with van der Waals surface area (Å²) in [5.74, 6) is -1.37. The number of phenols is 3. The van der Waals surface area contributed by atoms with Crippen LogP contribution in [0.1, 0.15) is 15.9 Å². The second-order valence-electron chi connectivity index (χ2n) is 4.20. The highest BCUT2D eigenvalue weighted by molar-refractivity contribution is 5.91. The fraction of sp³-hybridized carbons (Fsp3) is 0.0667. The number of aromatic hydroxyl groups is 3. The van der Waals surface area contributed by atoms with Crippen LogP contribution in [0.25, 0.3) is 0 Å². The summed E-state index contributed by atoms with van der Waals surface area (Å²) in [4.78, 5) is 15.2. The molecule has 0 aliphatic heterocycles. The Morgan fingerprint density at radius 3 is 2.19 bits per heavy atom. The van der Waals surface area contributed by atoms with Gasteiger partial charge in [-0.05, 0) is 17.7 Å². The topological polar surface area (TPSA) is 99.4 Å². The predicted octanol–water partition coefficient (Wildman–Crippen LogP) is 2.34. The summed E-state index contributed by atoms with van der Waals surface area (Å²) in [6.07, 6.45) is 1.41. The molecule has 0 aliphatic carbocycles. The molecule has 0 saturated carbocycles. The van der Waals surface area contributed by atoms with Gasteiger partial charge in [-0.3, -0.25) is 0 Å². The molecule has 0 heterocycles. The first-order valence-electron chi connectivity index (χ1n) is 5.98. The van der Waals surface area contributed by atoms with Crippen LogP contribution in [0.4, 0.5) is 5.69 Å². The van der Waals surface area contributed by atoms with Gasteiger partial charge in [0.25, 0.3) is 0 Å². The summed E-state index contributed by atoms with van der Waals surface area (Å²) >= 11 is 0. The highest BCUT2D eigenvalue weighted by atomic mass is 16.5. The fourth-order valence-electron chi connectivity index (χ4n) is 1.68. The SMILES string of the molecule is COC(=O)c1ccc(/C=N/c2c(O)cc(O)cc2O)cc1. The minimum absolute atomic E-state index is 0.0511. The van der Waals surface area contributed by atoms with Gasteiger partial charge in [0, 0.05) is 18.3 Å². The van der Waals surface area contributed by atoms with E-state index in [1.165, 1.54) is 13.3 Å². The number of esters is 1. The Kier molecular flexibility index (Phi) is 4.08. The van der Waals surface area contributed by atoms with Crippen molar-refractivity contribution in [3.63, 3.8) is 0 Å². The molecule has 2 rings (SSSR count). The summed E-state index contributed by atoms with van der Waals surface area (Å²) in [7, 11) is 1.30. The fourth-order valence-corrected chi connectivity index (χ4v) is 1.68. The molecular weight excluding hydrogens is 274 g/mol. The molecule has 0 aliphatic rings. The van der Waals surface area contributed by atoms with Crippen LogP contribution in [-0.4, -0.2) is 34.6 Å². The average Bonchev–Trinajstić information content (AvgIpc) is 2.46. The molecule has 0 amide bonds. The maximum Gasteiger partial charge on any atom is 0.337 e. The largest absolute Gasteiger partial charge is 0.508 e. The number of methoxy groups -OCH3 is 1. The van der Waals surface area contributed by atoms with E-state index in [2.05, 4.69) is 9.73 Å². The van der Waals surface area contributed by atoms with E-state index in [-0.39, 0.29) is 22.9 Å². The monoisotopic (exact) mass is 287 g/mol. The van der Waals surface area contributed by atoms with E-state index < -0.39 is 5.97 Å². The van der Waals surface area contributed by atoms with Gasteiger partial charge in [0.1, 0.15) is 22.9 Å². The zero-order valence-corrected chi connectivity index (χ0v) is 11.1. The summed E-state index contributed by atoms with van der Waals surface area (Å²) in [5, 5.41) is 28.4. The van der Waals surface area contributed by atoms with E-state index in [1.807, 2.05) is 0 Å². The Labute approximate surface area is 120 Å². The molecule has 0 spiro atoms. The van der Waals surface area contributed by atoms with Gasteiger partial charge in [0.2, 0.25) is 0 Å². The number of hydrogen-bond acceptors (Lipinski definition) is 6. The van der Waals surface area contributed by atoms with E-state index in [9.17, 15) is 20.1 Å². The Bertz CT molecular complexity index is 669. The first-order valence-corrected chi connectivity index (χ1v) is 5.98. The molecule has 0 bridgehead atoms. The molecule has 2 aromatic rings. The van der Waals surface area contributed by atoms with Crippen molar-refractivity contribution in [1.82, 2.24) is 0 Å². The van der Waals surface area contributed by atoms with Crippen molar-refractivity contribution in [2.24, 2.45) is 4.99 Å². The maximum atomic E-state index is 11.3. The molecule has 0 fully saturated rings. The minimum Gasteiger partial charge on any atom is -0.508 e. The second kappa shape index (κ2) is 5.96. The quantitative estimate of drug-likeness (QED) is 0.594. The predicted molar refractivity (Wildman–Crippen MR) is 76.5 cm³/mol. The Balaban J connectivity index is 2.24. The van der Waals surface area contributed by atoms with Gasteiger partial charge < -0.3 is 20.1 Å². The van der Waals surface area contributed by atoms with Crippen LogP contribution < -0.4 is 0 Å². The zero-order chi connectivity index (χ0) is 15.4. The lowest BCUT2D eigenvalue weighted by Crippen LogP contribution is -2.00. The lowest BCUT2D eigenvalue weighted by Gasteiger charge is -2.03. The molecule has 0 saturated heterocycles. The number of rotatable bonds is 3. The standard InChI is InChI=1S/C15H13NO5/c1-21-15(20)10-4-2-9(3-5-10)8-16-14-12(18)6-11(17)7-13(14)19/h2-8,17-19H,1H3/b16-8+. The van der Waals surface area contributed by atoms with Gasteiger partial charge in [-0.2, -0.15) is 0 Å². The van der Waals surface area contributed by atoms with Gasteiger partial charge in [-0.25, -0.2) is 9.79 Å². The molecule has 2 aromatic carbocycles. The second-order valence-corrected chi connectivity index (χ2v) is 4.20. The highest BCUT2D eigenvalue weighted by Gasteiger charge is 2.08. The van der Waals surface area contributed by atoms with Crippen molar-refractivity contribution < 1.29 is 24.9 Å². The van der Waals surface area contributed by atoms with Crippen molar-refractivity contribution in [3.8, 4) is 17.2 Å². The molecule has 0 radical (unpaired) electrons. The molecule has 3 N–H and O–H groups in total. The Hall–Kier alpha value is -3.02. The van der Waals surface area contributed by atoms with Gasteiger partial charge in [-0.1, -0.05) is 12.1 Å². The van der Waals surface area contributed by atoms with E-state index >= 15 is 0 Å². The summed E-state index contributed by atoms with van der Waals surface area (Å²) in [6, 6.07) is 8.58. The van der Waals surface area contributed by atoms with Gasteiger partial charge in [0.15, 0.2) is 0 Å². The first-order chi connectivity index (χ1) is 10.0. The lowest BCUT2D eigenvalue weighted by molar-refractivity contribution is 0.0600. The number of hydrogen-bond donors (Lipinski definition) is 3. The molecule has 0 unspecified atom stereocenters. The van der Waals surface area contributed by atoms with Gasteiger partial charge in [-0.15, -0.1) is 0 Å². The molecule has 6 heteroatoms. The molecular formula is C15H13NO5. The smallest absolute Gasteiger partial charge is 0.337 e. The van der Waals surface area contributed by atoms with Crippen molar-refractivity contribution in [1.29, 1.82) is 0 Å². The van der Waals surface area contributed by atoms with Crippen molar-refractivity contribution >= 4 is 17.9 Å². The number of phenolic OH excluding ortho intramolecular Hbond substituents is 3. The average molecular weight is 287 g/mol.